The van der Waals surface area contributed by atoms with Crippen LogP contribution in [0.3, 0.4) is 0 Å². The zero-order valence-electron chi connectivity index (χ0n) is 47.6. The first-order valence-corrected chi connectivity index (χ1v) is 31.7. The van der Waals surface area contributed by atoms with Crippen molar-refractivity contribution in [3.8, 4) is 0 Å². The van der Waals surface area contributed by atoms with Crippen molar-refractivity contribution in [2.24, 2.45) is 0 Å². The van der Waals surface area contributed by atoms with E-state index in [1.165, 1.54) is 122 Å². The monoisotopic (exact) mass is 1060 g/mol. The molecule has 0 saturated carbocycles. The molecule has 0 bridgehead atoms. The van der Waals surface area contributed by atoms with Crippen molar-refractivity contribution in [2.75, 3.05) is 26.4 Å². The van der Waals surface area contributed by atoms with E-state index in [-0.39, 0.29) is 25.9 Å². The summed E-state index contributed by atoms with van der Waals surface area (Å²) in [7, 11) is -4.76. The van der Waals surface area contributed by atoms with Gasteiger partial charge in [-0.15, -0.1) is 0 Å². The number of phosphoric ester groups is 1. The Morgan fingerprint density at radius 1 is 0.392 bits per heavy atom. The Bertz CT molecular complexity index is 1470. The molecular weight excluding hydrogens is 952 g/mol. The molecule has 0 heterocycles. The van der Waals surface area contributed by atoms with E-state index in [0.29, 0.717) is 19.3 Å². The van der Waals surface area contributed by atoms with E-state index in [2.05, 4.69) is 81.5 Å². The molecule has 0 saturated heterocycles. The van der Waals surface area contributed by atoms with E-state index in [9.17, 15) is 28.9 Å². The van der Waals surface area contributed by atoms with Gasteiger partial charge < -0.3 is 24.2 Å². The molecule has 0 radical (unpaired) electrons. The molecule has 0 aromatic rings. The minimum atomic E-state index is -4.76. The summed E-state index contributed by atoms with van der Waals surface area (Å²) in [4.78, 5) is 48.6. The highest BCUT2D eigenvalue weighted by atomic mass is 31.2. The normalized spacial score (nSPS) is 13.7. The first-order valence-electron chi connectivity index (χ1n) is 30.2. The molecule has 3 unspecified atom stereocenters. The molecule has 0 aromatic heterocycles. The number of ether oxygens (including phenoxy) is 3. The number of phosphoric acid groups is 1. The van der Waals surface area contributed by atoms with E-state index < -0.39 is 57.8 Å². The van der Waals surface area contributed by atoms with Crippen LogP contribution in [0.1, 0.15) is 278 Å². The maximum Gasteiger partial charge on any atom is 0.472 e. The zero-order valence-corrected chi connectivity index (χ0v) is 48.5. The van der Waals surface area contributed by atoms with Crippen molar-refractivity contribution >= 4 is 25.7 Å². The fraction of sp³-hybridized carbons (Fsp3) is 0.790. The molecule has 0 aliphatic rings. The van der Waals surface area contributed by atoms with Gasteiger partial charge in [0.1, 0.15) is 12.7 Å². The first-order chi connectivity index (χ1) is 36.2. The molecule has 0 rings (SSSR count). The Kier molecular flexibility index (Phi) is 54.2. The zero-order chi connectivity index (χ0) is 54.1. The quantitative estimate of drug-likeness (QED) is 0.0197. The van der Waals surface area contributed by atoms with Crippen LogP contribution in [0.2, 0.25) is 0 Å². The lowest BCUT2D eigenvalue weighted by molar-refractivity contribution is -0.161. The average Bonchev–Trinajstić information content (AvgIpc) is 3.39. The van der Waals surface area contributed by atoms with E-state index in [4.69, 9.17) is 23.3 Å². The Labute approximate surface area is 453 Å². The summed E-state index contributed by atoms with van der Waals surface area (Å²) in [5.74, 6) is -1.50. The van der Waals surface area contributed by atoms with Gasteiger partial charge in [0.15, 0.2) is 6.10 Å². The van der Waals surface area contributed by atoms with Crippen molar-refractivity contribution in [3.63, 3.8) is 0 Å². The third kappa shape index (κ3) is 54.0. The van der Waals surface area contributed by atoms with Crippen molar-refractivity contribution in [1.29, 1.82) is 0 Å². The highest BCUT2D eigenvalue weighted by molar-refractivity contribution is 7.47. The topological polar surface area (TPSA) is 155 Å². The number of carbonyl (C=O) groups is 3. The summed E-state index contributed by atoms with van der Waals surface area (Å²) < 4.78 is 39.5. The van der Waals surface area contributed by atoms with Gasteiger partial charge in [-0.3, -0.25) is 23.4 Å². The van der Waals surface area contributed by atoms with Gasteiger partial charge in [-0.2, -0.15) is 0 Å². The smallest absolute Gasteiger partial charge is 0.462 e. The Morgan fingerprint density at radius 3 is 1.11 bits per heavy atom. The number of aliphatic hydroxyl groups is 1. The van der Waals surface area contributed by atoms with Crippen molar-refractivity contribution in [2.45, 2.75) is 290 Å². The molecule has 0 spiro atoms. The minimum absolute atomic E-state index is 0.141. The van der Waals surface area contributed by atoms with Crippen LogP contribution in [0.15, 0.2) is 60.8 Å². The van der Waals surface area contributed by atoms with Gasteiger partial charge in [0.2, 0.25) is 0 Å². The highest BCUT2D eigenvalue weighted by Crippen LogP contribution is 2.43. The lowest BCUT2D eigenvalue weighted by Crippen LogP contribution is -2.30. The Morgan fingerprint density at radius 2 is 0.703 bits per heavy atom. The van der Waals surface area contributed by atoms with E-state index in [0.717, 1.165) is 96.3 Å². The molecule has 3 atom stereocenters. The van der Waals surface area contributed by atoms with Gasteiger partial charge in [0.25, 0.3) is 0 Å². The maximum absolute atomic E-state index is 12.9. The van der Waals surface area contributed by atoms with Gasteiger partial charge in [-0.05, 0) is 103 Å². The molecule has 0 aromatic carbocycles. The molecule has 74 heavy (non-hydrogen) atoms. The summed E-state index contributed by atoms with van der Waals surface area (Å²) in [6.07, 6.45) is 61.8. The molecular formula is C62H111O11P. The number of unbranched alkanes of at least 4 members (excludes halogenated alkanes) is 29. The predicted octanol–water partition coefficient (Wildman–Crippen LogP) is 17.9. The third-order valence-corrected chi connectivity index (χ3v) is 13.8. The molecule has 0 aliphatic carbocycles. The second-order valence-corrected chi connectivity index (χ2v) is 21.6. The molecule has 0 aliphatic heterocycles. The molecule has 430 valence electrons. The Hall–Kier alpha value is -2.82. The van der Waals surface area contributed by atoms with Crippen LogP contribution in [0.25, 0.3) is 0 Å². The highest BCUT2D eigenvalue weighted by Gasteiger charge is 2.28. The SMILES string of the molecule is CC/C=C\C/C=C\C/C=C\CCCCCC(=O)OC(CO)COP(=O)(O)OCC(COC(=O)CCCCCCCCCCC/C=C\CCCCCCCC)OC(=O)CCCCCCC/C=C\CCCCCCCC. The third-order valence-electron chi connectivity index (χ3n) is 12.9. The summed E-state index contributed by atoms with van der Waals surface area (Å²) in [5.41, 5.74) is 0. The van der Waals surface area contributed by atoms with Crippen molar-refractivity contribution in [1.82, 2.24) is 0 Å². The number of hydrogen-bond donors (Lipinski definition) is 2. The average molecular weight is 1060 g/mol. The van der Waals surface area contributed by atoms with Crippen LogP contribution in [-0.2, 0) is 42.2 Å². The van der Waals surface area contributed by atoms with Crippen LogP contribution in [0.4, 0.5) is 0 Å². The lowest BCUT2D eigenvalue weighted by Gasteiger charge is -2.21. The number of allylic oxidation sites excluding steroid dienone is 10. The van der Waals surface area contributed by atoms with Crippen LogP contribution in [0.5, 0.6) is 0 Å². The number of carbonyl (C=O) groups excluding carboxylic acids is 3. The molecule has 11 nitrogen and oxygen atoms in total. The fourth-order valence-corrected chi connectivity index (χ4v) is 9.09. The number of rotatable bonds is 56. The van der Waals surface area contributed by atoms with Gasteiger partial charge >= 0.3 is 25.7 Å². The number of hydrogen-bond acceptors (Lipinski definition) is 10. The molecule has 0 amide bonds. The lowest BCUT2D eigenvalue weighted by atomic mass is 10.1. The summed E-state index contributed by atoms with van der Waals surface area (Å²) in [6.45, 7) is 4.50. The van der Waals surface area contributed by atoms with Gasteiger partial charge in [-0.1, -0.05) is 216 Å². The maximum atomic E-state index is 12.9. The first kappa shape index (κ1) is 71.2. The second-order valence-electron chi connectivity index (χ2n) is 20.1. The summed E-state index contributed by atoms with van der Waals surface area (Å²) in [5, 5.41) is 9.81. The Balaban J connectivity index is 4.72. The second kappa shape index (κ2) is 56.4. The van der Waals surface area contributed by atoms with Gasteiger partial charge in [0, 0.05) is 19.3 Å². The summed E-state index contributed by atoms with van der Waals surface area (Å²) >= 11 is 0. The molecule has 0 fully saturated rings. The molecule has 2 N–H and O–H groups in total. The number of aliphatic hydroxyl groups excluding tert-OH is 1. The van der Waals surface area contributed by atoms with Gasteiger partial charge in [0.05, 0.1) is 19.8 Å². The number of esters is 3. The fourth-order valence-electron chi connectivity index (χ4n) is 8.30. The van der Waals surface area contributed by atoms with E-state index in [1.807, 2.05) is 0 Å². The van der Waals surface area contributed by atoms with Crippen molar-refractivity contribution in [3.05, 3.63) is 60.8 Å². The summed E-state index contributed by atoms with van der Waals surface area (Å²) in [6, 6.07) is 0. The van der Waals surface area contributed by atoms with E-state index >= 15 is 0 Å². The standard InChI is InChI=1S/C62H111O11P/c1-4-7-10-13-16-19-22-25-27-28-29-30-32-34-36-39-42-45-48-51-60(64)69-55-59(73-62(66)53-50-47-44-41-38-35-31-26-23-20-17-14-11-8-5-2)57-71-74(67,68)70-56-58(54-63)72-61(65)52-49-46-43-40-37-33-24-21-18-15-12-9-6-3/h9,12,18,21,25-27,31,33,37,58-59,63H,4-8,10-11,13-17,19-20,22-24,28-30,32,34-36,38-57H2,1-3H3,(H,67,68)/b12-9-,21-18-,27-25-,31-26-,37-33-. The predicted molar refractivity (Wildman–Crippen MR) is 307 cm³/mol. The van der Waals surface area contributed by atoms with Crippen molar-refractivity contribution < 1.29 is 52.2 Å². The van der Waals surface area contributed by atoms with Crippen LogP contribution in [0, 0.1) is 0 Å². The van der Waals surface area contributed by atoms with Crippen LogP contribution < -0.4 is 0 Å². The molecule has 12 heteroatoms. The minimum Gasteiger partial charge on any atom is -0.462 e. The van der Waals surface area contributed by atoms with Gasteiger partial charge in [-0.25, -0.2) is 4.57 Å². The largest absolute Gasteiger partial charge is 0.472 e. The van der Waals surface area contributed by atoms with E-state index in [1.54, 1.807) is 0 Å². The van der Waals surface area contributed by atoms with Crippen LogP contribution >= 0.6 is 7.82 Å². The van der Waals surface area contributed by atoms with Crippen LogP contribution in [-0.4, -0.2) is 66.5 Å².